The first-order chi connectivity index (χ1) is 14.0. The number of alkyl halides is 1. The van der Waals surface area contributed by atoms with Gasteiger partial charge < -0.3 is 15.1 Å². The molecule has 0 aliphatic carbocycles. The minimum Gasteiger partial charge on any atom is -0.436 e. The Balaban J connectivity index is 1.76. The van der Waals surface area contributed by atoms with Gasteiger partial charge in [0.15, 0.2) is 10.7 Å². The number of nitrogens with one attached hydrogen (secondary N) is 2. The Bertz CT molecular complexity index is 1120. The number of fused-ring (bicyclic) bond motifs is 1. The van der Waals surface area contributed by atoms with Crippen molar-refractivity contribution in [2.45, 2.75) is 45.4 Å². The maximum absolute atomic E-state index is 12.0. The van der Waals surface area contributed by atoms with Crippen LogP contribution in [0.25, 0.3) is 22.6 Å². The first-order valence-electron chi connectivity index (χ1n) is 9.49. The van der Waals surface area contributed by atoms with Gasteiger partial charge >= 0.3 is 0 Å². The molecule has 30 heavy (non-hydrogen) atoms. The zero-order chi connectivity index (χ0) is 22.1. The van der Waals surface area contributed by atoms with Crippen LogP contribution in [0.3, 0.4) is 0 Å². The molecule has 0 spiro atoms. The van der Waals surface area contributed by atoms with Crippen molar-refractivity contribution < 1.29 is 9.21 Å². The molecular formula is C22H23Cl2N3O2S. The maximum atomic E-state index is 12.0. The lowest BCUT2D eigenvalue weighted by Gasteiger charge is -2.15. The van der Waals surface area contributed by atoms with Crippen molar-refractivity contribution in [1.82, 2.24) is 10.3 Å². The summed E-state index contributed by atoms with van der Waals surface area (Å²) in [5, 5.41) is 6.36. The first kappa shape index (κ1) is 22.5. The third-order valence-electron chi connectivity index (χ3n) is 4.47. The molecule has 2 aromatic carbocycles. The number of oxazole rings is 1. The van der Waals surface area contributed by atoms with Gasteiger partial charge in [0.1, 0.15) is 5.52 Å². The highest BCUT2D eigenvalue weighted by atomic mass is 35.5. The van der Waals surface area contributed by atoms with Crippen molar-refractivity contribution in [1.29, 1.82) is 0 Å². The number of amides is 1. The standard InChI is InChI=1S/C22H23Cl2N3O2S/c1-12-9-13(2)19-17(10-12)26-20(29-19)15-11-14(5-6-16(15)23)25-21(30)27-18(28)7-8-22(3,4)24/h5-6,9-11H,7-8H2,1-4H3,(H2,25,27,28,30). The van der Waals surface area contributed by atoms with Crippen molar-refractivity contribution in [2.75, 3.05) is 5.32 Å². The monoisotopic (exact) mass is 463 g/mol. The molecule has 2 N–H and O–H groups in total. The Morgan fingerprint density at radius 2 is 1.97 bits per heavy atom. The van der Waals surface area contributed by atoms with E-state index in [-0.39, 0.29) is 17.4 Å². The molecule has 0 radical (unpaired) electrons. The molecule has 0 aliphatic heterocycles. The zero-order valence-electron chi connectivity index (χ0n) is 17.2. The second-order valence-electron chi connectivity index (χ2n) is 7.86. The van der Waals surface area contributed by atoms with Crippen LogP contribution in [0.5, 0.6) is 0 Å². The van der Waals surface area contributed by atoms with E-state index in [1.807, 2.05) is 39.8 Å². The third-order valence-corrected chi connectivity index (χ3v) is 5.20. The van der Waals surface area contributed by atoms with Crippen molar-refractivity contribution >= 4 is 63.2 Å². The Labute approximate surface area is 191 Å². The Morgan fingerprint density at radius 3 is 2.67 bits per heavy atom. The molecular weight excluding hydrogens is 441 g/mol. The Morgan fingerprint density at radius 1 is 1.23 bits per heavy atom. The highest BCUT2D eigenvalue weighted by Crippen LogP contribution is 2.33. The molecule has 5 nitrogen and oxygen atoms in total. The molecule has 8 heteroatoms. The van der Waals surface area contributed by atoms with E-state index < -0.39 is 4.87 Å². The molecule has 3 aromatic rings. The van der Waals surface area contributed by atoms with Crippen LogP contribution in [0.15, 0.2) is 34.7 Å². The fourth-order valence-electron chi connectivity index (χ4n) is 3.02. The fraction of sp³-hybridized carbons (Fsp3) is 0.318. The second-order valence-corrected chi connectivity index (χ2v) is 9.70. The van der Waals surface area contributed by atoms with E-state index in [1.54, 1.807) is 18.2 Å². The van der Waals surface area contributed by atoms with Crippen LogP contribution in [0.1, 0.15) is 37.8 Å². The molecule has 0 unspecified atom stereocenters. The summed E-state index contributed by atoms with van der Waals surface area (Å²) in [6.45, 7) is 7.73. The summed E-state index contributed by atoms with van der Waals surface area (Å²) >= 11 is 17.8. The molecule has 3 rings (SSSR count). The van der Waals surface area contributed by atoms with Crippen LogP contribution in [-0.4, -0.2) is 20.9 Å². The number of nitrogens with zero attached hydrogens (tertiary/aromatic N) is 1. The van der Waals surface area contributed by atoms with Gasteiger partial charge in [-0.2, -0.15) is 0 Å². The molecule has 1 aromatic heterocycles. The second kappa shape index (κ2) is 8.92. The summed E-state index contributed by atoms with van der Waals surface area (Å²) in [5.41, 5.74) is 4.93. The highest BCUT2D eigenvalue weighted by molar-refractivity contribution is 7.80. The Hall–Kier alpha value is -2.15. The van der Waals surface area contributed by atoms with Gasteiger partial charge in [-0.25, -0.2) is 4.98 Å². The lowest BCUT2D eigenvalue weighted by molar-refractivity contribution is -0.119. The molecule has 0 atom stereocenters. The summed E-state index contributed by atoms with van der Waals surface area (Å²) in [6.07, 6.45) is 0.830. The van der Waals surface area contributed by atoms with E-state index in [2.05, 4.69) is 15.6 Å². The molecule has 0 aliphatic rings. The van der Waals surface area contributed by atoms with Crippen molar-refractivity contribution in [2.24, 2.45) is 0 Å². The minimum absolute atomic E-state index is 0.194. The third kappa shape index (κ3) is 5.72. The maximum Gasteiger partial charge on any atom is 0.228 e. The van der Waals surface area contributed by atoms with Gasteiger partial charge in [-0.05, 0) is 81.7 Å². The van der Waals surface area contributed by atoms with E-state index in [1.165, 1.54) is 0 Å². The number of hydrogen-bond donors (Lipinski definition) is 2. The van der Waals surface area contributed by atoms with E-state index in [0.29, 0.717) is 28.6 Å². The molecule has 1 amide bonds. The normalized spacial score (nSPS) is 11.5. The van der Waals surface area contributed by atoms with Gasteiger partial charge in [-0.1, -0.05) is 17.7 Å². The van der Waals surface area contributed by atoms with Gasteiger partial charge in [0.2, 0.25) is 11.8 Å². The van der Waals surface area contributed by atoms with Crippen LogP contribution in [0.4, 0.5) is 5.69 Å². The minimum atomic E-state index is -0.437. The summed E-state index contributed by atoms with van der Waals surface area (Å²) in [5.74, 6) is 0.229. The van der Waals surface area contributed by atoms with Gasteiger partial charge in [-0.15, -0.1) is 11.6 Å². The summed E-state index contributed by atoms with van der Waals surface area (Å²) in [4.78, 5) is 16.2. The van der Waals surface area contributed by atoms with Gasteiger partial charge in [0.05, 0.1) is 10.6 Å². The topological polar surface area (TPSA) is 67.2 Å². The van der Waals surface area contributed by atoms with Crippen LogP contribution < -0.4 is 10.6 Å². The average molecular weight is 464 g/mol. The van der Waals surface area contributed by atoms with Gasteiger partial charge in [-0.3, -0.25) is 4.79 Å². The summed E-state index contributed by atoms with van der Waals surface area (Å²) < 4.78 is 5.97. The van der Waals surface area contributed by atoms with E-state index in [4.69, 9.17) is 39.8 Å². The van der Waals surface area contributed by atoms with Crippen LogP contribution in [0.2, 0.25) is 5.02 Å². The fourth-order valence-corrected chi connectivity index (χ4v) is 3.55. The van der Waals surface area contributed by atoms with Crippen LogP contribution >= 0.6 is 35.4 Å². The molecule has 0 saturated heterocycles. The van der Waals surface area contributed by atoms with Crippen LogP contribution in [-0.2, 0) is 4.79 Å². The predicted octanol–water partition coefficient (Wildman–Crippen LogP) is 6.38. The predicted molar refractivity (Wildman–Crippen MR) is 127 cm³/mol. The number of halogens is 2. The molecule has 0 saturated carbocycles. The van der Waals surface area contributed by atoms with E-state index >= 15 is 0 Å². The summed E-state index contributed by atoms with van der Waals surface area (Å²) in [6, 6.07) is 9.30. The quantitative estimate of drug-likeness (QED) is 0.339. The van der Waals surface area contributed by atoms with Crippen molar-refractivity contribution in [3.05, 3.63) is 46.5 Å². The molecule has 1 heterocycles. The van der Waals surface area contributed by atoms with Crippen LogP contribution in [0, 0.1) is 13.8 Å². The number of rotatable bonds is 5. The highest BCUT2D eigenvalue weighted by Gasteiger charge is 2.17. The number of carbonyl (C=O) groups is 1. The Kier molecular flexibility index (Phi) is 6.70. The van der Waals surface area contributed by atoms with Crippen molar-refractivity contribution in [3.8, 4) is 11.5 Å². The molecule has 0 fully saturated rings. The molecule has 0 bridgehead atoms. The number of carbonyl (C=O) groups excluding carboxylic acids is 1. The summed E-state index contributed by atoms with van der Waals surface area (Å²) in [7, 11) is 0. The lowest BCUT2D eigenvalue weighted by Crippen LogP contribution is -2.34. The largest absolute Gasteiger partial charge is 0.436 e. The zero-order valence-corrected chi connectivity index (χ0v) is 19.6. The van der Waals surface area contributed by atoms with Gasteiger partial charge in [0.25, 0.3) is 0 Å². The number of aryl methyl sites for hydroxylation is 2. The number of hydrogen-bond acceptors (Lipinski definition) is 4. The van der Waals surface area contributed by atoms with E-state index in [0.717, 1.165) is 22.2 Å². The van der Waals surface area contributed by atoms with E-state index in [9.17, 15) is 4.79 Å². The van der Waals surface area contributed by atoms with Crippen molar-refractivity contribution in [3.63, 3.8) is 0 Å². The smallest absolute Gasteiger partial charge is 0.228 e. The number of thiocarbonyl (C=S) groups is 1. The number of anilines is 1. The number of aromatic nitrogens is 1. The van der Waals surface area contributed by atoms with Gasteiger partial charge in [0, 0.05) is 17.0 Å². The lowest BCUT2D eigenvalue weighted by atomic mass is 10.1. The SMILES string of the molecule is Cc1cc(C)c2oc(-c3cc(NC(=S)NC(=O)CCC(C)(C)Cl)ccc3Cl)nc2c1. The first-order valence-corrected chi connectivity index (χ1v) is 10.7. The molecule has 158 valence electrons. The number of benzene rings is 2. The average Bonchev–Trinajstić information content (AvgIpc) is 3.05.